The number of phenolic OH excluding ortho intramolecular Hbond substituents is 1. The van der Waals surface area contributed by atoms with Gasteiger partial charge in [0.15, 0.2) is 5.75 Å². The van der Waals surface area contributed by atoms with Gasteiger partial charge in [0.25, 0.3) is 0 Å². The monoisotopic (exact) mass is 325 g/mol. The topological polar surface area (TPSA) is 67.3 Å². The number of anilines is 2. The predicted octanol–water partition coefficient (Wildman–Crippen LogP) is 4.44. The van der Waals surface area contributed by atoms with Gasteiger partial charge in [-0.2, -0.15) is 0 Å². The van der Waals surface area contributed by atoms with E-state index < -0.39 is 0 Å². The van der Waals surface area contributed by atoms with Gasteiger partial charge in [-0.05, 0) is 42.7 Å². The van der Waals surface area contributed by atoms with Crippen LogP contribution in [0.15, 0.2) is 65.8 Å². The molecule has 116 valence electrons. The lowest BCUT2D eigenvalue weighted by molar-refractivity contribution is 0.475. The average Bonchev–Trinajstić information content (AvgIpc) is 2.57. The first-order valence-electron chi connectivity index (χ1n) is 6.93. The number of benzene rings is 2. The molecular weight excluding hydrogens is 310 g/mol. The Hall–Kier alpha value is -2.73. The van der Waals surface area contributed by atoms with E-state index in [1.54, 1.807) is 42.4 Å². The van der Waals surface area contributed by atoms with E-state index in [4.69, 9.17) is 4.74 Å². The van der Waals surface area contributed by atoms with Crippen molar-refractivity contribution in [3.8, 4) is 17.2 Å². The van der Waals surface area contributed by atoms with Crippen molar-refractivity contribution in [1.82, 2.24) is 9.97 Å². The summed E-state index contributed by atoms with van der Waals surface area (Å²) in [5.41, 5.74) is 0.714. The Morgan fingerprint density at radius 1 is 1.00 bits per heavy atom. The predicted molar refractivity (Wildman–Crippen MR) is 91.7 cm³/mol. The lowest BCUT2D eigenvalue weighted by Gasteiger charge is -2.07. The molecule has 0 bridgehead atoms. The maximum Gasteiger partial charge on any atom is 0.227 e. The maximum absolute atomic E-state index is 9.43. The summed E-state index contributed by atoms with van der Waals surface area (Å²) in [6.07, 6.45) is 5.23. The average molecular weight is 325 g/mol. The number of aromatic nitrogens is 2. The molecule has 0 fully saturated rings. The number of hydrogen-bond donors (Lipinski definition) is 2. The first-order valence-corrected chi connectivity index (χ1v) is 8.15. The summed E-state index contributed by atoms with van der Waals surface area (Å²) in [5, 5.41) is 12.4. The van der Waals surface area contributed by atoms with E-state index in [1.165, 1.54) is 4.90 Å². The number of hydrogen-bond acceptors (Lipinski definition) is 6. The molecule has 0 spiro atoms. The SMILES string of the molecule is CSc1ccc(Oc2cnc(Nc3cccc(O)c3)nc2)cc1. The Morgan fingerprint density at radius 3 is 2.39 bits per heavy atom. The van der Waals surface area contributed by atoms with Gasteiger partial charge in [0.2, 0.25) is 5.95 Å². The molecular formula is C17H15N3O2S. The van der Waals surface area contributed by atoms with Gasteiger partial charge in [-0.15, -0.1) is 11.8 Å². The van der Waals surface area contributed by atoms with Crippen molar-refractivity contribution in [2.45, 2.75) is 4.90 Å². The van der Waals surface area contributed by atoms with Gasteiger partial charge in [-0.1, -0.05) is 6.07 Å². The fraction of sp³-hybridized carbons (Fsp3) is 0.0588. The molecule has 0 aliphatic rings. The number of rotatable bonds is 5. The molecule has 3 rings (SSSR count). The van der Waals surface area contributed by atoms with Gasteiger partial charge < -0.3 is 15.2 Å². The van der Waals surface area contributed by atoms with Crippen molar-refractivity contribution in [2.24, 2.45) is 0 Å². The number of aromatic hydroxyl groups is 1. The van der Waals surface area contributed by atoms with Gasteiger partial charge in [0, 0.05) is 16.6 Å². The highest BCUT2D eigenvalue weighted by Crippen LogP contribution is 2.24. The molecule has 5 nitrogen and oxygen atoms in total. The third-order valence-corrected chi connectivity index (χ3v) is 3.77. The van der Waals surface area contributed by atoms with Crippen LogP contribution in [0.3, 0.4) is 0 Å². The van der Waals surface area contributed by atoms with E-state index in [9.17, 15) is 5.11 Å². The summed E-state index contributed by atoms with van der Waals surface area (Å²) in [7, 11) is 0. The minimum absolute atomic E-state index is 0.184. The van der Waals surface area contributed by atoms with E-state index in [-0.39, 0.29) is 5.75 Å². The third-order valence-electron chi connectivity index (χ3n) is 3.03. The molecule has 0 radical (unpaired) electrons. The Labute approximate surface area is 138 Å². The lowest BCUT2D eigenvalue weighted by Crippen LogP contribution is -1.96. The Bertz CT molecular complexity index is 777. The van der Waals surface area contributed by atoms with Crippen LogP contribution in [0.1, 0.15) is 0 Å². The summed E-state index contributed by atoms with van der Waals surface area (Å²) < 4.78 is 5.70. The van der Waals surface area contributed by atoms with Crippen LogP contribution in [0.4, 0.5) is 11.6 Å². The van der Waals surface area contributed by atoms with Gasteiger partial charge in [0.05, 0.1) is 12.4 Å². The van der Waals surface area contributed by atoms with Crippen LogP contribution in [-0.2, 0) is 0 Å². The highest BCUT2D eigenvalue weighted by molar-refractivity contribution is 7.98. The molecule has 2 N–H and O–H groups in total. The van der Waals surface area contributed by atoms with Crippen molar-refractivity contribution >= 4 is 23.4 Å². The first-order chi connectivity index (χ1) is 11.2. The molecule has 0 aliphatic heterocycles. The molecule has 1 aromatic heterocycles. The van der Waals surface area contributed by atoms with E-state index in [2.05, 4.69) is 15.3 Å². The molecule has 0 aliphatic carbocycles. The summed E-state index contributed by atoms with van der Waals surface area (Å²) in [6, 6.07) is 14.6. The molecule has 0 saturated heterocycles. The second kappa shape index (κ2) is 7.02. The number of phenols is 1. The van der Waals surface area contributed by atoms with Crippen LogP contribution in [-0.4, -0.2) is 21.3 Å². The lowest BCUT2D eigenvalue weighted by atomic mass is 10.3. The van der Waals surface area contributed by atoms with Gasteiger partial charge in [-0.25, -0.2) is 9.97 Å². The summed E-state index contributed by atoms with van der Waals surface area (Å²) in [6.45, 7) is 0. The normalized spacial score (nSPS) is 10.3. The van der Waals surface area contributed by atoms with Crippen molar-refractivity contribution in [3.63, 3.8) is 0 Å². The van der Waals surface area contributed by atoms with Crippen molar-refractivity contribution in [2.75, 3.05) is 11.6 Å². The summed E-state index contributed by atoms with van der Waals surface area (Å²) in [5.74, 6) is 1.91. The first kappa shape index (κ1) is 15.2. The van der Waals surface area contributed by atoms with Crippen molar-refractivity contribution in [3.05, 3.63) is 60.9 Å². The van der Waals surface area contributed by atoms with Crippen LogP contribution in [0.2, 0.25) is 0 Å². The number of nitrogens with zero attached hydrogens (tertiary/aromatic N) is 2. The van der Waals surface area contributed by atoms with Crippen LogP contribution in [0.5, 0.6) is 17.2 Å². The highest BCUT2D eigenvalue weighted by atomic mass is 32.2. The standard InChI is InChI=1S/C17H15N3O2S/c1-23-16-7-5-14(6-8-16)22-15-10-18-17(19-11-15)20-12-3-2-4-13(21)9-12/h2-11,21H,1H3,(H,18,19,20). The fourth-order valence-electron chi connectivity index (χ4n) is 1.93. The van der Waals surface area contributed by atoms with Crippen LogP contribution in [0, 0.1) is 0 Å². The van der Waals surface area contributed by atoms with E-state index in [0.717, 1.165) is 5.75 Å². The zero-order chi connectivity index (χ0) is 16.1. The van der Waals surface area contributed by atoms with E-state index >= 15 is 0 Å². The fourth-order valence-corrected chi connectivity index (χ4v) is 2.33. The zero-order valence-corrected chi connectivity index (χ0v) is 13.2. The molecule has 23 heavy (non-hydrogen) atoms. The van der Waals surface area contributed by atoms with Gasteiger partial charge in [0.1, 0.15) is 11.5 Å². The number of ether oxygens (including phenoxy) is 1. The summed E-state index contributed by atoms with van der Waals surface area (Å²) in [4.78, 5) is 9.58. The maximum atomic E-state index is 9.43. The Balaban J connectivity index is 1.66. The van der Waals surface area contributed by atoms with Crippen molar-refractivity contribution in [1.29, 1.82) is 0 Å². The quantitative estimate of drug-likeness (QED) is 0.676. The van der Waals surface area contributed by atoms with Crippen LogP contribution < -0.4 is 10.1 Å². The zero-order valence-electron chi connectivity index (χ0n) is 12.4. The number of nitrogens with one attached hydrogen (secondary N) is 1. The molecule has 3 aromatic rings. The largest absolute Gasteiger partial charge is 0.508 e. The van der Waals surface area contributed by atoms with Crippen molar-refractivity contribution < 1.29 is 9.84 Å². The molecule has 0 amide bonds. The molecule has 6 heteroatoms. The highest BCUT2D eigenvalue weighted by Gasteiger charge is 2.02. The minimum Gasteiger partial charge on any atom is -0.508 e. The Morgan fingerprint density at radius 2 is 1.74 bits per heavy atom. The molecule has 0 saturated carbocycles. The van der Waals surface area contributed by atoms with Crippen LogP contribution in [0.25, 0.3) is 0 Å². The third kappa shape index (κ3) is 4.14. The molecule has 0 unspecified atom stereocenters. The molecule has 2 aromatic carbocycles. The Kier molecular flexibility index (Phi) is 4.63. The van der Waals surface area contributed by atoms with E-state index in [1.807, 2.05) is 36.6 Å². The second-order valence-electron chi connectivity index (χ2n) is 4.70. The van der Waals surface area contributed by atoms with Crippen LogP contribution >= 0.6 is 11.8 Å². The molecule has 0 atom stereocenters. The smallest absolute Gasteiger partial charge is 0.227 e. The number of thioether (sulfide) groups is 1. The second-order valence-corrected chi connectivity index (χ2v) is 5.57. The van der Waals surface area contributed by atoms with E-state index in [0.29, 0.717) is 17.4 Å². The summed E-state index contributed by atoms with van der Waals surface area (Å²) >= 11 is 1.68. The van der Waals surface area contributed by atoms with Gasteiger partial charge in [-0.3, -0.25) is 0 Å². The minimum atomic E-state index is 0.184. The van der Waals surface area contributed by atoms with Gasteiger partial charge >= 0.3 is 0 Å². The molecule has 1 heterocycles.